The summed E-state index contributed by atoms with van der Waals surface area (Å²) in [7, 11) is 0. The number of ether oxygens (including phenoxy) is 1. The lowest BCUT2D eigenvalue weighted by Gasteiger charge is -2.24. The highest BCUT2D eigenvalue weighted by atomic mass is 19.1. The molecule has 0 aromatic heterocycles. The van der Waals surface area contributed by atoms with Crippen molar-refractivity contribution in [2.75, 3.05) is 0 Å². The maximum absolute atomic E-state index is 13.8. The number of carbonyl (C=O) groups is 1. The van der Waals surface area contributed by atoms with E-state index in [1.807, 2.05) is 32.9 Å². The second kappa shape index (κ2) is 6.82. The highest BCUT2D eigenvalue weighted by Gasteiger charge is 2.25. The van der Waals surface area contributed by atoms with Crippen LogP contribution in [-0.2, 0) is 16.6 Å². The molecule has 0 heterocycles. The molecule has 1 unspecified atom stereocenters. The Balaban J connectivity index is 2.28. The van der Waals surface area contributed by atoms with E-state index < -0.39 is 17.9 Å². The molecule has 0 saturated heterocycles. The van der Waals surface area contributed by atoms with Crippen molar-refractivity contribution in [2.45, 2.75) is 38.7 Å². The third-order valence-electron chi connectivity index (χ3n) is 3.60. The van der Waals surface area contributed by atoms with E-state index in [1.165, 1.54) is 6.07 Å². The first kappa shape index (κ1) is 17.0. The van der Waals surface area contributed by atoms with Gasteiger partial charge in [-0.25, -0.2) is 9.18 Å². The summed E-state index contributed by atoms with van der Waals surface area (Å²) in [5.74, 6) is -1.02. The van der Waals surface area contributed by atoms with Gasteiger partial charge in [0.25, 0.3) is 0 Å². The molecule has 2 aromatic carbocycles. The minimum Gasteiger partial charge on any atom is -0.478 e. The number of carboxylic acids is 1. The van der Waals surface area contributed by atoms with Crippen molar-refractivity contribution in [3.05, 3.63) is 65.5 Å². The van der Waals surface area contributed by atoms with Gasteiger partial charge < -0.3 is 9.84 Å². The van der Waals surface area contributed by atoms with E-state index in [2.05, 4.69) is 0 Å². The van der Waals surface area contributed by atoms with E-state index in [4.69, 9.17) is 4.74 Å². The predicted octanol–water partition coefficient (Wildman–Crippen LogP) is 4.20. The second-order valence-electron chi connectivity index (χ2n) is 6.49. The monoisotopic (exact) mass is 316 g/mol. The van der Waals surface area contributed by atoms with Crippen molar-refractivity contribution >= 4 is 5.97 Å². The van der Waals surface area contributed by atoms with Gasteiger partial charge in [-0.05, 0) is 28.7 Å². The number of para-hydroxylation sites is 1. The lowest BCUT2D eigenvalue weighted by Crippen LogP contribution is -2.30. The van der Waals surface area contributed by atoms with Crippen LogP contribution in [0.3, 0.4) is 0 Å². The second-order valence-corrected chi connectivity index (χ2v) is 6.49. The van der Waals surface area contributed by atoms with E-state index in [0.29, 0.717) is 11.3 Å². The molecule has 0 amide bonds. The van der Waals surface area contributed by atoms with Crippen LogP contribution in [-0.4, -0.2) is 17.2 Å². The fourth-order valence-electron chi connectivity index (χ4n) is 2.39. The average molecular weight is 316 g/mol. The number of aliphatic carboxylic acids is 1. The summed E-state index contributed by atoms with van der Waals surface area (Å²) in [5.41, 5.74) is 1.06. The van der Waals surface area contributed by atoms with Gasteiger partial charge in [-0.3, -0.25) is 0 Å². The third-order valence-corrected chi connectivity index (χ3v) is 3.60. The molecule has 4 heteroatoms. The number of rotatable bonds is 5. The van der Waals surface area contributed by atoms with Gasteiger partial charge in [-0.2, -0.15) is 0 Å². The van der Waals surface area contributed by atoms with Crippen molar-refractivity contribution in [1.82, 2.24) is 0 Å². The lowest BCUT2D eigenvalue weighted by atomic mass is 9.86. The molecule has 23 heavy (non-hydrogen) atoms. The molecule has 3 nitrogen and oxygen atoms in total. The summed E-state index contributed by atoms with van der Waals surface area (Å²) in [5, 5.41) is 9.43. The summed E-state index contributed by atoms with van der Waals surface area (Å²) in [4.78, 5) is 11.5. The Morgan fingerprint density at radius 2 is 1.74 bits per heavy atom. The van der Waals surface area contributed by atoms with Crippen LogP contribution in [0.25, 0.3) is 0 Å². The molecule has 1 N–H and O–H groups in total. The van der Waals surface area contributed by atoms with E-state index >= 15 is 0 Å². The van der Waals surface area contributed by atoms with Gasteiger partial charge >= 0.3 is 5.97 Å². The Morgan fingerprint density at radius 3 is 2.35 bits per heavy atom. The van der Waals surface area contributed by atoms with Crippen LogP contribution in [0, 0.1) is 5.82 Å². The Labute approximate surface area is 135 Å². The van der Waals surface area contributed by atoms with Gasteiger partial charge in [0.15, 0.2) is 6.10 Å². The summed E-state index contributed by atoms with van der Waals surface area (Å²) in [6.07, 6.45) is -1.17. The van der Waals surface area contributed by atoms with E-state index in [1.54, 1.807) is 30.3 Å². The highest BCUT2D eigenvalue weighted by Crippen LogP contribution is 2.32. The van der Waals surface area contributed by atoms with Crippen LogP contribution in [0.15, 0.2) is 48.5 Å². The lowest BCUT2D eigenvalue weighted by molar-refractivity contribution is -0.145. The van der Waals surface area contributed by atoms with Crippen LogP contribution >= 0.6 is 0 Å². The number of benzene rings is 2. The van der Waals surface area contributed by atoms with Crippen molar-refractivity contribution in [2.24, 2.45) is 0 Å². The third kappa shape index (κ3) is 4.31. The van der Waals surface area contributed by atoms with Crippen molar-refractivity contribution in [1.29, 1.82) is 0 Å². The molecule has 122 valence electrons. The Kier molecular flexibility index (Phi) is 5.04. The van der Waals surface area contributed by atoms with Crippen LogP contribution < -0.4 is 4.74 Å². The molecule has 0 aliphatic rings. The van der Waals surface area contributed by atoms with Crippen LogP contribution in [0.1, 0.15) is 31.9 Å². The normalized spacial score (nSPS) is 12.7. The average Bonchev–Trinajstić information content (AvgIpc) is 2.48. The van der Waals surface area contributed by atoms with E-state index in [0.717, 1.165) is 5.56 Å². The molecule has 0 saturated carbocycles. The minimum absolute atomic E-state index is 0.0273. The number of hydrogen-bond acceptors (Lipinski definition) is 2. The number of carboxylic acid groups (broad SMARTS) is 1. The summed E-state index contributed by atoms with van der Waals surface area (Å²) in [6.45, 7) is 6.09. The first-order valence-electron chi connectivity index (χ1n) is 7.51. The van der Waals surface area contributed by atoms with Gasteiger partial charge in [-0.1, -0.05) is 57.2 Å². The molecule has 0 spiro atoms. The van der Waals surface area contributed by atoms with Crippen LogP contribution in [0.2, 0.25) is 0 Å². The smallest absolute Gasteiger partial charge is 0.345 e. The zero-order valence-electron chi connectivity index (χ0n) is 13.5. The fourth-order valence-corrected chi connectivity index (χ4v) is 2.39. The van der Waals surface area contributed by atoms with Gasteiger partial charge in [0.2, 0.25) is 0 Å². The van der Waals surface area contributed by atoms with E-state index in [9.17, 15) is 14.3 Å². The SMILES string of the molecule is CC(C)(C)c1ccccc1OC(Cc1ccccc1F)C(=O)O. The molecule has 0 fully saturated rings. The Hall–Kier alpha value is -2.36. The van der Waals surface area contributed by atoms with Gasteiger partial charge in [0, 0.05) is 6.42 Å². The Morgan fingerprint density at radius 1 is 1.13 bits per heavy atom. The zero-order chi connectivity index (χ0) is 17.0. The van der Waals surface area contributed by atoms with Crippen molar-refractivity contribution < 1.29 is 19.0 Å². The predicted molar refractivity (Wildman–Crippen MR) is 87.3 cm³/mol. The first-order chi connectivity index (χ1) is 10.8. The molecule has 2 rings (SSSR count). The van der Waals surface area contributed by atoms with Gasteiger partial charge in [0.05, 0.1) is 0 Å². The summed E-state index contributed by atoms with van der Waals surface area (Å²) >= 11 is 0. The van der Waals surface area contributed by atoms with E-state index in [-0.39, 0.29) is 11.8 Å². The Bertz CT molecular complexity index is 689. The first-order valence-corrected chi connectivity index (χ1v) is 7.51. The number of halogens is 1. The quantitative estimate of drug-likeness (QED) is 0.899. The maximum Gasteiger partial charge on any atom is 0.345 e. The summed E-state index contributed by atoms with van der Waals surface area (Å²) in [6, 6.07) is 13.5. The molecular formula is C19H21FO3. The molecule has 0 aliphatic carbocycles. The molecule has 2 aromatic rings. The highest BCUT2D eigenvalue weighted by molar-refractivity contribution is 5.73. The maximum atomic E-state index is 13.8. The molecule has 0 radical (unpaired) electrons. The van der Waals surface area contributed by atoms with Crippen molar-refractivity contribution in [3.63, 3.8) is 0 Å². The minimum atomic E-state index is -1.14. The molecular weight excluding hydrogens is 295 g/mol. The largest absolute Gasteiger partial charge is 0.478 e. The van der Waals surface area contributed by atoms with Gasteiger partial charge in [0.1, 0.15) is 11.6 Å². The fraction of sp³-hybridized carbons (Fsp3) is 0.316. The van der Waals surface area contributed by atoms with Crippen LogP contribution in [0.4, 0.5) is 4.39 Å². The zero-order valence-corrected chi connectivity index (χ0v) is 13.5. The topological polar surface area (TPSA) is 46.5 Å². The standard InChI is InChI=1S/C19H21FO3/c1-19(2,3)14-9-5-7-11-16(14)23-17(18(21)22)12-13-8-4-6-10-15(13)20/h4-11,17H,12H2,1-3H3,(H,21,22). The van der Waals surface area contributed by atoms with Crippen LogP contribution in [0.5, 0.6) is 5.75 Å². The molecule has 0 bridgehead atoms. The number of hydrogen-bond donors (Lipinski definition) is 1. The molecule has 1 atom stereocenters. The van der Waals surface area contributed by atoms with Gasteiger partial charge in [-0.15, -0.1) is 0 Å². The van der Waals surface area contributed by atoms with Crippen molar-refractivity contribution in [3.8, 4) is 5.75 Å². The molecule has 0 aliphatic heterocycles. The summed E-state index contributed by atoms with van der Waals surface area (Å²) < 4.78 is 19.5.